The Morgan fingerprint density at radius 2 is 1.68 bits per heavy atom. The second kappa shape index (κ2) is 10.5. The van der Waals surface area contributed by atoms with Gasteiger partial charge >= 0.3 is 0 Å². The molecule has 0 radical (unpaired) electrons. The van der Waals surface area contributed by atoms with Crippen molar-refractivity contribution < 1.29 is 9.59 Å². The van der Waals surface area contributed by atoms with E-state index in [2.05, 4.69) is 36.3 Å². The van der Waals surface area contributed by atoms with Crippen LogP contribution in [0.2, 0.25) is 0 Å². The van der Waals surface area contributed by atoms with Gasteiger partial charge in [0, 0.05) is 5.69 Å². The first kappa shape index (κ1) is 23.5. The number of rotatable bonds is 6. The lowest BCUT2D eigenvalue weighted by atomic mass is 10.0. The molecular formula is C28H27N3O2S. The van der Waals surface area contributed by atoms with Gasteiger partial charge in [-0.2, -0.15) is 0 Å². The van der Waals surface area contributed by atoms with Crippen LogP contribution in [-0.4, -0.2) is 22.7 Å². The molecule has 0 saturated heterocycles. The molecule has 3 aromatic carbocycles. The second-order valence-corrected chi connectivity index (χ2v) is 9.37. The van der Waals surface area contributed by atoms with Gasteiger partial charge in [0.15, 0.2) is 5.17 Å². The van der Waals surface area contributed by atoms with Gasteiger partial charge < -0.3 is 5.32 Å². The van der Waals surface area contributed by atoms with Crippen LogP contribution in [0.4, 0.5) is 11.4 Å². The number of aliphatic imine (C=N–C) groups is 1. The Hall–Kier alpha value is -3.64. The van der Waals surface area contributed by atoms with Crippen molar-refractivity contribution in [3.63, 3.8) is 0 Å². The van der Waals surface area contributed by atoms with Crippen molar-refractivity contribution in [2.24, 2.45) is 4.99 Å². The number of aryl methyl sites for hydroxylation is 1. The smallest absolute Gasteiger partial charge is 0.283 e. The minimum atomic E-state index is -0.206. The van der Waals surface area contributed by atoms with Crippen LogP contribution in [0.5, 0.6) is 0 Å². The lowest BCUT2D eigenvalue weighted by molar-refractivity contribution is -0.114. The van der Waals surface area contributed by atoms with Gasteiger partial charge in [0.1, 0.15) is 5.70 Å². The first-order chi connectivity index (χ1) is 16.4. The second-order valence-electron chi connectivity index (χ2n) is 8.42. The fourth-order valence-electron chi connectivity index (χ4n) is 3.50. The zero-order chi connectivity index (χ0) is 24.1. The average Bonchev–Trinajstić information content (AvgIpc) is 3.14. The van der Waals surface area contributed by atoms with Gasteiger partial charge in [-0.3, -0.25) is 14.5 Å². The minimum absolute atomic E-state index is 0.139. The number of hydrogen-bond donors (Lipinski definition) is 1. The Kier molecular flexibility index (Phi) is 7.28. The SMILES string of the molecule is Cc1ccc(N2C(=O)C(=Cc3ccc(C(C)C)cc3)N=C2SCC(=O)Nc2ccccc2)cc1. The molecule has 0 bridgehead atoms. The molecule has 6 heteroatoms. The number of anilines is 2. The van der Waals surface area contributed by atoms with Crippen LogP contribution in [0, 0.1) is 6.92 Å². The van der Waals surface area contributed by atoms with Crippen LogP contribution in [0.3, 0.4) is 0 Å². The molecular weight excluding hydrogens is 442 g/mol. The summed E-state index contributed by atoms with van der Waals surface area (Å²) in [6, 6.07) is 25.2. The summed E-state index contributed by atoms with van der Waals surface area (Å²) in [5, 5.41) is 3.36. The lowest BCUT2D eigenvalue weighted by Crippen LogP contribution is -2.31. The topological polar surface area (TPSA) is 61.8 Å². The quantitative estimate of drug-likeness (QED) is 0.435. The third-order valence-electron chi connectivity index (χ3n) is 5.42. The molecule has 5 nitrogen and oxygen atoms in total. The lowest BCUT2D eigenvalue weighted by Gasteiger charge is -2.18. The molecule has 0 unspecified atom stereocenters. The molecule has 1 heterocycles. The molecule has 0 spiro atoms. The van der Waals surface area contributed by atoms with Crippen molar-refractivity contribution in [2.75, 3.05) is 16.0 Å². The van der Waals surface area contributed by atoms with Crippen LogP contribution < -0.4 is 10.2 Å². The van der Waals surface area contributed by atoms with Crippen LogP contribution in [0.25, 0.3) is 6.08 Å². The van der Waals surface area contributed by atoms with Gasteiger partial charge in [0.2, 0.25) is 5.91 Å². The number of nitrogens with one attached hydrogen (secondary N) is 1. The Balaban J connectivity index is 1.57. The normalized spacial score (nSPS) is 14.6. The molecule has 4 rings (SSSR count). The maximum absolute atomic E-state index is 13.3. The third kappa shape index (κ3) is 5.64. The molecule has 0 aromatic heterocycles. The number of nitrogens with zero attached hydrogens (tertiary/aromatic N) is 2. The van der Waals surface area contributed by atoms with Crippen molar-refractivity contribution in [1.82, 2.24) is 0 Å². The highest BCUT2D eigenvalue weighted by atomic mass is 32.2. The van der Waals surface area contributed by atoms with Gasteiger partial charge in [-0.25, -0.2) is 4.99 Å². The molecule has 0 atom stereocenters. The molecule has 1 N–H and O–H groups in total. The van der Waals surface area contributed by atoms with Crippen LogP contribution >= 0.6 is 11.8 Å². The van der Waals surface area contributed by atoms with Crippen molar-refractivity contribution in [1.29, 1.82) is 0 Å². The molecule has 0 fully saturated rings. The number of amidine groups is 1. The number of carbonyl (C=O) groups is 2. The molecule has 0 saturated carbocycles. The van der Waals surface area contributed by atoms with E-state index in [0.29, 0.717) is 16.8 Å². The van der Waals surface area contributed by atoms with Crippen LogP contribution in [0.15, 0.2) is 89.6 Å². The van der Waals surface area contributed by atoms with Gasteiger partial charge in [-0.05, 0) is 54.3 Å². The molecule has 1 aliphatic rings. The van der Waals surface area contributed by atoms with E-state index in [4.69, 9.17) is 0 Å². The zero-order valence-electron chi connectivity index (χ0n) is 19.5. The Labute approximate surface area is 204 Å². The van der Waals surface area contributed by atoms with E-state index in [0.717, 1.165) is 22.5 Å². The summed E-state index contributed by atoms with van der Waals surface area (Å²) in [6.45, 7) is 6.30. The molecule has 34 heavy (non-hydrogen) atoms. The van der Waals surface area contributed by atoms with E-state index in [1.54, 1.807) is 11.0 Å². The Morgan fingerprint density at radius 3 is 2.32 bits per heavy atom. The van der Waals surface area contributed by atoms with E-state index in [1.807, 2.05) is 73.7 Å². The number of hydrogen-bond acceptors (Lipinski definition) is 4. The van der Waals surface area contributed by atoms with Crippen LogP contribution in [-0.2, 0) is 9.59 Å². The summed E-state index contributed by atoms with van der Waals surface area (Å²) >= 11 is 1.25. The predicted octanol–water partition coefficient (Wildman–Crippen LogP) is 6.23. The fourth-order valence-corrected chi connectivity index (χ4v) is 4.31. The molecule has 3 aromatic rings. The summed E-state index contributed by atoms with van der Waals surface area (Å²) in [5.41, 5.74) is 5.06. The van der Waals surface area contributed by atoms with Gasteiger partial charge in [-0.15, -0.1) is 0 Å². The first-order valence-electron chi connectivity index (χ1n) is 11.2. The maximum atomic E-state index is 13.3. The summed E-state index contributed by atoms with van der Waals surface area (Å²) in [6.07, 6.45) is 1.80. The highest BCUT2D eigenvalue weighted by molar-refractivity contribution is 8.14. The van der Waals surface area contributed by atoms with Gasteiger partial charge in [0.25, 0.3) is 5.91 Å². The predicted molar refractivity (Wildman–Crippen MR) is 142 cm³/mol. The summed E-state index contributed by atoms with van der Waals surface area (Å²) in [4.78, 5) is 32.0. The highest BCUT2D eigenvalue weighted by Crippen LogP contribution is 2.30. The van der Waals surface area contributed by atoms with Crippen LogP contribution in [0.1, 0.15) is 36.5 Å². The number of amides is 2. The fraction of sp³-hybridized carbons (Fsp3) is 0.179. The summed E-state index contributed by atoms with van der Waals surface area (Å²) < 4.78 is 0. The number of para-hydroxylation sites is 1. The van der Waals surface area contributed by atoms with E-state index in [1.165, 1.54) is 17.3 Å². The van der Waals surface area contributed by atoms with Crippen molar-refractivity contribution >= 4 is 46.2 Å². The maximum Gasteiger partial charge on any atom is 0.283 e. The van der Waals surface area contributed by atoms with E-state index < -0.39 is 0 Å². The zero-order valence-corrected chi connectivity index (χ0v) is 20.3. The van der Waals surface area contributed by atoms with Gasteiger partial charge in [-0.1, -0.05) is 85.8 Å². The molecule has 0 aliphatic carbocycles. The molecule has 1 aliphatic heterocycles. The molecule has 2 amide bonds. The molecule has 172 valence electrons. The number of benzene rings is 3. The number of carbonyl (C=O) groups excluding carboxylic acids is 2. The summed E-state index contributed by atoms with van der Waals surface area (Å²) in [5.74, 6) is 0.217. The Bertz CT molecular complexity index is 1230. The van der Waals surface area contributed by atoms with Crippen molar-refractivity contribution in [3.05, 3.63) is 101 Å². The third-order valence-corrected chi connectivity index (χ3v) is 6.36. The standard InChI is InChI=1S/C28H27N3O2S/c1-19(2)22-13-11-21(12-14-22)17-25-27(33)31(24-15-9-20(3)10-16-24)28(30-25)34-18-26(32)29-23-7-5-4-6-8-23/h4-17,19H,18H2,1-3H3,(H,29,32). The Morgan fingerprint density at radius 1 is 1.00 bits per heavy atom. The summed E-state index contributed by atoms with van der Waals surface area (Å²) in [7, 11) is 0. The van der Waals surface area contributed by atoms with E-state index in [-0.39, 0.29) is 17.6 Å². The average molecular weight is 470 g/mol. The monoisotopic (exact) mass is 469 g/mol. The highest BCUT2D eigenvalue weighted by Gasteiger charge is 2.32. The number of thioether (sulfide) groups is 1. The van der Waals surface area contributed by atoms with Crippen molar-refractivity contribution in [2.45, 2.75) is 26.7 Å². The first-order valence-corrected chi connectivity index (χ1v) is 12.2. The van der Waals surface area contributed by atoms with Gasteiger partial charge in [0.05, 0.1) is 11.4 Å². The van der Waals surface area contributed by atoms with Crippen molar-refractivity contribution in [3.8, 4) is 0 Å². The largest absolute Gasteiger partial charge is 0.325 e. The van der Waals surface area contributed by atoms with E-state index in [9.17, 15) is 9.59 Å². The minimum Gasteiger partial charge on any atom is -0.325 e. The van der Waals surface area contributed by atoms with E-state index >= 15 is 0 Å².